The number of benzene rings is 1. The molecular formula is C15H20N2OS. The molecule has 0 aliphatic carbocycles. The van der Waals surface area contributed by atoms with Gasteiger partial charge in [-0.3, -0.25) is 0 Å². The third-order valence-electron chi connectivity index (χ3n) is 3.17. The number of rotatable bonds is 4. The smallest absolute Gasteiger partial charge is 0.122 e. The monoisotopic (exact) mass is 276 g/mol. The van der Waals surface area contributed by atoms with Gasteiger partial charge in [-0.15, -0.1) is 11.3 Å². The average molecular weight is 276 g/mol. The van der Waals surface area contributed by atoms with E-state index in [2.05, 4.69) is 31.0 Å². The fourth-order valence-corrected chi connectivity index (χ4v) is 3.21. The van der Waals surface area contributed by atoms with Crippen molar-refractivity contribution >= 4 is 11.3 Å². The normalized spacial score (nSPS) is 10.8. The first-order valence-corrected chi connectivity index (χ1v) is 7.20. The van der Waals surface area contributed by atoms with Crippen LogP contribution in [0.1, 0.15) is 21.0 Å². The van der Waals surface area contributed by atoms with Crippen LogP contribution >= 0.6 is 11.3 Å². The summed E-state index contributed by atoms with van der Waals surface area (Å²) in [5.74, 6) is 0.925. The Bertz CT molecular complexity index is 590. The number of thiazole rings is 1. The first-order chi connectivity index (χ1) is 9.06. The van der Waals surface area contributed by atoms with E-state index in [1.165, 1.54) is 16.0 Å². The second-order valence-corrected chi connectivity index (χ2v) is 5.97. The molecule has 3 nitrogen and oxygen atoms in total. The lowest BCUT2D eigenvalue weighted by molar-refractivity contribution is 0.411. The Labute approximate surface area is 118 Å². The number of nitrogens with zero attached hydrogens (tertiary/aromatic N) is 1. The molecule has 0 spiro atoms. The van der Waals surface area contributed by atoms with Gasteiger partial charge in [0.25, 0.3) is 0 Å². The SMILES string of the molecule is COc1cc(C)c(-c2nc(C)sc2CCN)cc1C. The number of nitrogens with two attached hydrogens (primary N) is 1. The standard InChI is InChI=1S/C15H20N2OS/c1-9-8-13(18-4)10(2)7-12(9)15-14(5-6-16)19-11(3)17-15/h7-8H,5-6,16H2,1-4H3. The number of ether oxygens (including phenoxy) is 1. The van der Waals surface area contributed by atoms with Crippen LogP contribution in [0.15, 0.2) is 12.1 Å². The number of methoxy groups -OCH3 is 1. The summed E-state index contributed by atoms with van der Waals surface area (Å²) < 4.78 is 5.36. The molecule has 0 aliphatic heterocycles. The second-order valence-electron chi connectivity index (χ2n) is 4.68. The fraction of sp³-hybridized carbons (Fsp3) is 0.400. The van der Waals surface area contributed by atoms with Gasteiger partial charge in [0.15, 0.2) is 0 Å². The van der Waals surface area contributed by atoms with Crippen molar-refractivity contribution in [2.75, 3.05) is 13.7 Å². The van der Waals surface area contributed by atoms with E-state index in [4.69, 9.17) is 10.5 Å². The Hall–Kier alpha value is -1.39. The fourth-order valence-electron chi connectivity index (χ4n) is 2.24. The van der Waals surface area contributed by atoms with Gasteiger partial charge in [-0.1, -0.05) is 0 Å². The van der Waals surface area contributed by atoms with Gasteiger partial charge in [0.05, 0.1) is 17.8 Å². The molecule has 1 aromatic heterocycles. The summed E-state index contributed by atoms with van der Waals surface area (Å²) >= 11 is 1.74. The summed E-state index contributed by atoms with van der Waals surface area (Å²) in [6.45, 7) is 6.85. The van der Waals surface area contributed by atoms with Gasteiger partial charge >= 0.3 is 0 Å². The Balaban J connectivity index is 2.55. The van der Waals surface area contributed by atoms with Crippen molar-refractivity contribution in [2.24, 2.45) is 5.73 Å². The van der Waals surface area contributed by atoms with Gasteiger partial charge in [0.1, 0.15) is 5.75 Å². The maximum absolute atomic E-state index is 5.69. The predicted octanol–water partition coefficient (Wildman–Crippen LogP) is 3.25. The maximum Gasteiger partial charge on any atom is 0.122 e. The highest BCUT2D eigenvalue weighted by Gasteiger charge is 2.14. The Kier molecular flexibility index (Phi) is 4.22. The summed E-state index contributed by atoms with van der Waals surface area (Å²) in [5, 5.41) is 1.09. The zero-order valence-electron chi connectivity index (χ0n) is 11.9. The van der Waals surface area contributed by atoms with Crippen LogP contribution < -0.4 is 10.5 Å². The van der Waals surface area contributed by atoms with E-state index in [0.717, 1.165) is 28.4 Å². The molecule has 0 fully saturated rings. The molecule has 0 saturated heterocycles. The third-order valence-corrected chi connectivity index (χ3v) is 4.20. The third kappa shape index (κ3) is 2.80. The molecule has 0 unspecified atom stereocenters. The first-order valence-electron chi connectivity index (χ1n) is 6.38. The second kappa shape index (κ2) is 5.72. The molecule has 19 heavy (non-hydrogen) atoms. The van der Waals surface area contributed by atoms with Gasteiger partial charge in [0, 0.05) is 10.4 Å². The van der Waals surface area contributed by atoms with Crippen molar-refractivity contribution in [2.45, 2.75) is 27.2 Å². The summed E-state index contributed by atoms with van der Waals surface area (Å²) in [5.41, 5.74) is 10.3. The highest BCUT2D eigenvalue weighted by molar-refractivity contribution is 7.12. The van der Waals surface area contributed by atoms with Crippen LogP contribution in [-0.2, 0) is 6.42 Å². The molecule has 2 aromatic rings. The first kappa shape index (κ1) is 14.0. The largest absolute Gasteiger partial charge is 0.496 e. The predicted molar refractivity (Wildman–Crippen MR) is 81.1 cm³/mol. The van der Waals surface area contributed by atoms with Crippen LogP contribution in [-0.4, -0.2) is 18.6 Å². The van der Waals surface area contributed by atoms with Crippen molar-refractivity contribution in [3.63, 3.8) is 0 Å². The lowest BCUT2D eigenvalue weighted by Crippen LogP contribution is -2.02. The van der Waals surface area contributed by atoms with E-state index < -0.39 is 0 Å². The molecule has 0 amide bonds. The minimum Gasteiger partial charge on any atom is -0.496 e. The van der Waals surface area contributed by atoms with Crippen LogP contribution in [0.3, 0.4) is 0 Å². The van der Waals surface area contributed by atoms with Crippen molar-refractivity contribution in [1.29, 1.82) is 0 Å². The Morgan fingerprint density at radius 1 is 1.21 bits per heavy atom. The maximum atomic E-state index is 5.69. The number of aromatic nitrogens is 1. The lowest BCUT2D eigenvalue weighted by Gasteiger charge is -2.11. The number of aryl methyl sites for hydroxylation is 3. The quantitative estimate of drug-likeness (QED) is 0.932. The van der Waals surface area contributed by atoms with Crippen LogP contribution in [0.5, 0.6) is 5.75 Å². The van der Waals surface area contributed by atoms with Crippen molar-refractivity contribution in [3.05, 3.63) is 33.1 Å². The van der Waals surface area contributed by atoms with Crippen LogP contribution in [0, 0.1) is 20.8 Å². The lowest BCUT2D eigenvalue weighted by atomic mass is 10.0. The topological polar surface area (TPSA) is 48.1 Å². The zero-order valence-corrected chi connectivity index (χ0v) is 12.7. The molecule has 0 aliphatic rings. The summed E-state index contributed by atoms with van der Waals surface area (Å²) in [4.78, 5) is 5.95. The summed E-state index contributed by atoms with van der Waals surface area (Å²) in [6.07, 6.45) is 0.880. The molecular weight excluding hydrogens is 256 g/mol. The van der Waals surface area contributed by atoms with Crippen molar-refractivity contribution in [3.8, 4) is 17.0 Å². The summed E-state index contributed by atoms with van der Waals surface area (Å²) in [7, 11) is 1.70. The number of hydrogen-bond acceptors (Lipinski definition) is 4. The van der Waals surface area contributed by atoms with E-state index in [1.807, 2.05) is 6.92 Å². The highest BCUT2D eigenvalue weighted by Crippen LogP contribution is 2.34. The number of hydrogen-bond donors (Lipinski definition) is 1. The van der Waals surface area contributed by atoms with Gasteiger partial charge in [0.2, 0.25) is 0 Å². The Morgan fingerprint density at radius 3 is 2.58 bits per heavy atom. The molecule has 2 N–H and O–H groups in total. The zero-order chi connectivity index (χ0) is 14.0. The van der Waals surface area contributed by atoms with Gasteiger partial charge in [-0.05, 0) is 57.0 Å². The highest BCUT2D eigenvalue weighted by atomic mass is 32.1. The molecule has 0 saturated carbocycles. The van der Waals surface area contributed by atoms with E-state index in [1.54, 1.807) is 18.4 Å². The Morgan fingerprint density at radius 2 is 1.95 bits per heavy atom. The molecule has 0 radical (unpaired) electrons. The summed E-state index contributed by atoms with van der Waals surface area (Å²) in [6, 6.07) is 4.23. The minimum atomic E-state index is 0.656. The minimum absolute atomic E-state index is 0.656. The molecule has 1 aromatic carbocycles. The van der Waals surface area contributed by atoms with Gasteiger partial charge in [-0.2, -0.15) is 0 Å². The molecule has 1 heterocycles. The van der Waals surface area contributed by atoms with E-state index in [0.29, 0.717) is 6.54 Å². The molecule has 0 bridgehead atoms. The van der Waals surface area contributed by atoms with E-state index in [9.17, 15) is 0 Å². The molecule has 4 heteroatoms. The molecule has 0 atom stereocenters. The van der Waals surface area contributed by atoms with E-state index in [-0.39, 0.29) is 0 Å². The van der Waals surface area contributed by atoms with Crippen molar-refractivity contribution < 1.29 is 4.74 Å². The molecule has 2 rings (SSSR count). The average Bonchev–Trinajstić information content (AvgIpc) is 2.73. The van der Waals surface area contributed by atoms with Crippen LogP contribution in [0.25, 0.3) is 11.3 Å². The molecule has 102 valence electrons. The van der Waals surface area contributed by atoms with Crippen LogP contribution in [0.4, 0.5) is 0 Å². The van der Waals surface area contributed by atoms with Crippen molar-refractivity contribution in [1.82, 2.24) is 4.98 Å². The van der Waals surface area contributed by atoms with Crippen LogP contribution in [0.2, 0.25) is 0 Å². The van der Waals surface area contributed by atoms with Gasteiger partial charge in [-0.25, -0.2) is 4.98 Å². The van der Waals surface area contributed by atoms with E-state index >= 15 is 0 Å². The van der Waals surface area contributed by atoms with Gasteiger partial charge < -0.3 is 10.5 Å².